The third-order valence-corrected chi connectivity index (χ3v) is 3.92. The smallest absolute Gasteiger partial charge is 0.117 e. The van der Waals surface area contributed by atoms with Crippen molar-refractivity contribution in [2.45, 2.75) is 24.9 Å². The van der Waals surface area contributed by atoms with Crippen molar-refractivity contribution in [3.05, 3.63) is 64.6 Å². The molecule has 3 nitrogen and oxygen atoms in total. The number of hydrogen-bond acceptors (Lipinski definition) is 3. The molecule has 1 aromatic carbocycles. The Hall–Kier alpha value is -1.74. The summed E-state index contributed by atoms with van der Waals surface area (Å²) in [7, 11) is 0. The summed E-state index contributed by atoms with van der Waals surface area (Å²) in [4.78, 5) is 12.9. The molecule has 1 aliphatic heterocycles. The van der Waals surface area contributed by atoms with Crippen molar-refractivity contribution in [1.29, 1.82) is 0 Å². The molecule has 0 aromatic heterocycles. The predicted molar refractivity (Wildman–Crippen MR) is 76.8 cm³/mol. The molecule has 3 heteroatoms. The number of likely N-dealkylation sites (tertiary alicyclic amines) is 1. The SMILES string of the molecule is O=NC1CN(C(C2=CC=CCC2)c2ccccc2)C1. The fourth-order valence-electron chi connectivity index (χ4n) is 2.91. The molecular formula is C16H18N2O. The highest BCUT2D eigenvalue weighted by atomic mass is 16.3. The molecule has 0 spiro atoms. The van der Waals surface area contributed by atoms with Gasteiger partial charge in [0.25, 0.3) is 0 Å². The molecule has 2 aliphatic rings. The van der Waals surface area contributed by atoms with Gasteiger partial charge in [0, 0.05) is 13.1 Å². The summed E-state index contributed by atoms with van der Waals surface area (Å²) in [5, 5.41) is 3.14. The van der Waals surface area contributed by atoms with Gasteiger partial charge in [0.05, 0.1) is 6.04 Å². The van der Waals surface area contributed by atoms with E-state index in [4.69, 9.17) is 0 Å². The van der Waals surface area contributed by atoms with Gasteiger partial charge in [-0.1, -0.05) is 53.7 Å². The molecule has 98 valence electrons. The fourth-order valence-corrected chi connectivity index (χ4v) is 2.91. The van der Waals surface area contributed by atoms with E-state index in [2.05, 4.69) is 52.6 Å². The van der Waals surface area contributed by atoms with E-state index >= 15 is 0 Å². The molecular weight excluding hydrogens is 236 g/mol. The molecule has 0 N–H and O–H groups in total. The van der Waals surface area contributed by atoms with Crippen LogP contribution in [0.3, 0.4) is 0 Å². The Balaban J connectivity index is 1.86. The maximum Gasteiger partial charge on any atom is 0.117 e. The molecule has 3 rings (SSSR count). The van der Waals surface area contributed by atoms with Gasteiger partial charge in [-0.05, 0) is 24.0 Å². The van der Waals surface area contributed by atoms with Crippen LogP contribution in [0.2, 0.25) is 0 Å². The van der Waals surface area contributed by atoms with Gasteiger partial charge in [-0.2, -0.15) is 4.91 Å². The lowest BCUT2D eigenvalue weighted by molar-refractivity contribution is 0.110. The molecule has 1 fully saturated rings. The van der Waals surface area contributed by atoms with Crippen LogP contribution in [0, 0.1) is 4.91 Å². The van der Waals surface area contributed by atoms with Crippen LogP contribution in [0.4, 0.5) is 0 Å². The highest BCUT2D eigenvalue weighted by Gasteiger charge is 2.35. The Kier molecular flexibility index (Phi) is 3.56. The second-order valence-corrected chi connectivity index (χ2v) is 5.23. The summed E-state index contributed by atoms with van der Waals surface area (Å²) in [5.74, 6) is 0. The average molecular weight is 254 g/mol. The van der Waals surface area contributed by atoms with E-state index < -0.39 is 0 Å². The Labute approximate surface area is 113 Å². The standard InChI is InChI=1S/C16H18N2O/c19-17-15-11-18(12-15)16(13-7-3-1-4-8-13)14-9-5-2-6-10-14/h1-5,7-9,15-16H,6,10-12H2. The quantitative estimate of drug-likeness (QED) is 0.771. The van der Waals surface area contributed by atoms with Crippen molar-refractivity contribution < 1.29 is 0 Å². The zero-order chi connectivity index (χ0) is 13.1. The summed E-state index contributed by atoms with van der Waals surface area (Å²) in [6.07, 6.45) is 8.79. The van der Waals surface area contributed by atoms with Crippen LogP contribution >= 0.6 is 0 Å². The van der Waals surface area contributed by atoms with Crippen LogP contribution < -0.4 is 0 Å². The van der Waals surface area contributed by atoms with Gasteiger partial charge in [0.15, 0.2) is 0 Å². The fraction of sp³-hybridized carbons (Fsp3) is 0.375. The first-order chi connectivity index (χ1) is 9.38. The van der Waals surface area contributed by atoms with Crippen LogP contribution in [0.25, 0.3) is 0 Å². The second-order valence-electron chi connectivity index (χ2n) is 5.23. The van der Waals surface area contributed by atoms with Crippen molar-refractivity contribution in [2.75, 3.05) is 13.1 Å². The van der Waals surface area contributed by atoms with Crippen LogP contribution in [-0.4, -0.2) is 24.0 Å². The first-order valence-corrected chi connectivity index (χ1v) is 6.85. The van der Waals surface area contributed by atoms with Crippen LogP contribution in [-0.2, 0) is 0 Å². The summed E-state index contributed by atoms with van der Waals surface area (Å²) in [5.41, 5.74) is 2.76. The van der Waals surface area contributed by atoms with Crippen molar-refractivity contribution in [2.24, 2.45) is 5.18 Å². The van der Waals surface area contributed by atoms with E-state index in [1.807, 2.05) is 6.07 Å². The minimum absolute atomic E-state index is 0.0223. The van der Waals surface area contributed by atoms with Crippen molar-refractivity contribution in [1.82, 2.24) is 4.90 Å². The van der Waals surface area contributed by atoms with Gasteiger partial charge >= 0.3 is 0 Å². The summed E-state index contributed by atoms with van der Waals surface area (Å²) < 4.78 is 0. The van der Waals surface area contributed by atoms with E-state index in [1.165, 1.54) is 11.1 Å². The van der Waals surface area contributed by atoms with E-state index in [0.717, 1.165) is 25.9 Å². The van der Waals surface area contributed by atoms with Gasteiger partial charge in [-0.25, -0.2) is 0 Å². The Bertz CT molecular complexity index is 501. The molecule has 1 aliphatic carbocycles. The zero-order valence-electron chi connectivity index (χ0n) is 10.9. The number of rotatable bonds is 4. The summed E-state index contributed by atoms with van der Waals surface area (Å²) in [6, 6.07) is 10.8. The van der Waals surface area contributed by atoms with Gasteiger partial charge in [-0.3, -0.25) is 4.90 Å². The maximum atomic E-state index is 10.6. The van der Waals surface area contributed by atoms with E-state index in [1.54, 1.807) is 0 Å². The number of nitroso groups, excluding NO2 is 1. The lowest BCUT2D eigenvalue weighted by Crippen LogP contribution is -2.51. The summed E-state index contributed by atoms with van der Waals surface area (Å²) in [6.45, 7) is 1.56. The topological polar surface area (TPSA) is 32.7 Å². The van der Waals surface area contributed by atoms with Gasteiger partial charge in [0.1, 0.15) is 6.04 Å². The lowest BCUT2D eigenvalue weighted by atomic mass is 9.89. The molecule has 1 atom stereocenters. The van der Waals surface area contributed by atoms with Crippen LogP contribution in [0.1, 0.15) is 24.4 Å². The first-order valence-electron chi connectivity index (χ1n) is 6.85. The van der Waals surface area contributed by atoms with E-state index in [-0.39, 0.29) is 6.04 Å². The Morgan fingerprint density at radius 1 is 1.21 bits per heavy atom. The number of allylic oxidation sites excluding steroid dienone is 3. The number of benzene rings is 1. The minimum atomic E-state index is -0.0223. The maximum absolute atomic E-state index is 10.6. The molecule has 0 bridgehead atoms. The molecule has 19 heavy (non-hydrogen) atoms. The highest BCUT2D eigenvalue weighted by Crippen LogP contribution is 2.36. The third-order valence-electron chi connectivity index (χ3n) is 3.92. The number of nitrogens with zero attached hydrogens (tertiary/aromatic N) is 2. The molecule has 1 heterocycles. The second kappa shape index (κ2) is 5.49. The molecule has 1 saturated heterocycles. The van der Waals surface area contributed by atoms with Crippen LogP contribution in [0.5, 0.6) is 0 Å². The van der Waals surface area contributed by atoms with Gasteiger partial charge < -0.3 is 0 Å². The normalized spacial score (nSPS) is 21.6. The van der Waals surface area contributed by atoms with Crippen molar-refractivity contribution >= 4 is 0 Å². The molecule has 0 saturated carbocycles. The van der Waals surface area contributed by atoms with Crippen molar-refractivity contribution in [3.8, 4) is 0 Å². The van der Waals surface area contributed by atoms with Crippen LogP contribution in [0.15, 0.2) is 59.3 Å². The minimum Gasteiger partial charge on any atom is -0.288 e. The zero-order valence-corrected chi connectivity index (χ0v) is 10.9. The molecule has 0 radical (unpaired) electrons. The largest absolute Gasteiger partial charge is 0.288 e. The third kappa shape index (κ3) is 2.51. The van der Waals surface area contributed by atoms with E-state index in [9.17, 15) is 4.91 Å². The van der Waals surface area contributed by atoms with Crippen molar-refractivity contribution in [3.63, 3.8) is 0 Å². The summed E-state index contributed by atoms with van der Waals surface area (Å²) >= 11 is 0. The molecule has 1 aromatic rings. The highest BCUT2D eigenvalue weighted by molar-refractivity contribution is 5.33. The molecule has 1 unspecified atom stereocenters. The monoisotopic (exact) mass is 254 g/mol. The Morgan fingerprint density at radius 3 is 2.63 bits per heavy atom. The number of hydrogen-bond donors (Lipinski definition) is 0. The van der Waals surface area contributed by atoms with E-state index in [0.29, 0.717) is 6.04 Å². The lowest BCUT2D eigenvalue weighted by Gasteiger charge is -2.42. The van der Waals surface area contributed by atoms with Gasteiger partial charge in [0.2, 0.25) is 0 Å². The first kappa shape index (κ1) is 12.3. The molecule has 0 amide bonds. The predicted octanol–water partition coefficient (Wildman–Crippen LogP) is 3.45. The Morgan fingerprint density at radius 2 is 2.00 bits per heavy atom. The van der Waals surface area contributed by atoms with Gasteiger partial charge in [-0.15, -0.1) is 0 Å². The average Bonchev–Trinajstić information content (AvgIpc) is 2.44.